The highest BCUT2D eigenvalue weighted by molar-refractivity contribution is 5.98. The van der Waals surface area contributed by atoms with Crippen LogP contribution >= 0.6 is 0 Å². The first-order valence-electron chi connectivity index (χ1n) is 8.60. The third-order valence-corrected chi connectivity index (χ3v) is 3.87. The zero-order valence-corrected chi connectivity index (χ0v) is 15.8. The largest absolute Gasteiger partial charge is 0.451 e. The first kappa shape index (κ1) is 22.4. The summed E-state index contributed by atoms with van der Waals surface area (Å²) in [5.74, 6) is -4.41. The van der Waals surface area contributed by atoms with Gasteiger partial charge in [0.05, 0.1) is 10.6 Å². The highest BCUT2D eigenvalue weighted by atomic mass is 19.1. The summed E-state index contributed by atoms with van der Waals surface area (Å²) in [4.78, 5) is 46.4. The first-order valence-corrected chi connectivity index (χ1v) is 8.60. The minimum absolute atomic E-state index is 0.0403. The van der Waals surface area contributed by atoms with Gasteiger partial charge in [0.25, 0.3) is 17.5 Å². The van der Waals surface area contributed by atoms with Gasteiger partial charge >= 0.3 is 5.97 Å². The number of amides is 2. The van der Waals surface area contributed by atoms with Crippen LogP contribution < -0.4 is 10.6 Å². The molecule has 0 heterocycles. The Bertz CT molecular complexity index is 998. The third-order valence-electron chi connectivity index (χ3n) is 3.87. The molecule has 11 heteroatoms. The van der Waals surface area contributed by atoms with Crippen molar-refractivity contribution in [1.29, 1.82) is 0 Å². The lowest BCUT2D eigenvalue weighted by atomic mass is 10.2. The van der Waals surface area contributed by atoms with E-state index in [-0.39, 0.29) is 16.9 Å². The van der Waals surface area contributed by atoms with Crippen LogP contribution in [0.5, 0.6) is 0 Å². The van der Waals surface area contributed by atoms with E-state index in [0.717, 1.165) is 18.2 Å². The SMILES string of the molecule is CC(OC(=O)[C@H](C)NC(=O)c1cccc([N+](=O)[O-])c1)C(=O)Nc1ccc(F)cc1F. The van der Waals surface area contributed by atoms with E-state index in [9.17, 15) is 33.3 Å². The van der Waals surface area contributed by atoms with Gasteiger partial charge in [-0.15, -0.1) is 0 Å². The minimum Gasteiger partial charge on any atom is -0.451 e. The number of nitrogens with zero attached hydrogens (tertiary/aromatic N) is 1. The normalized spacial score (nSPS) is 12.4. The van der Waals surface area contributed by atoms with Crippen molar-refractivity contribution in [2.45, 2.75) is 26.0 Å². The number of nitro groups is 1. The minimum atomic E-state index is -1.35. The van der Waals surface area contributed by atoms with Gasteiger partial charge in [-0.1, -0.05) is 6.07 Å². The Morgan fingerprint density at radius 1 is 1.10 bits per heavy atom. The Hall–Kier alpha value is -3.89. The summed E-state index contributed by atoms with van der Waals surface area (Å²) in [5, 5.41) is 15.2. The van der Waals surface area contributed by atoms with E-state index < -0.39 is 46.5 Å². The number of ether oxygens (including phenoxy) is 1. The van der Waals surface area contributed by atoms with Crippen molar-refractivity contribution < 1.29 is 32.8 Å². The lowest BCUT2D eigenvalue weighted by molar-refractivity contribution is -0.384. The monoisotopic (exact) mass is 421 g/mol. The Kier molecular flexibility index (Phi) is 7.13. The van der Waals surface area contributed by atoms with Crippen LogP contribution in [-0.2, 0) is 14.3 Å². The van der Waals surface area contributed by atoms with E-state index in [0.29, 0.717) is 6.07 Å². The molecule has 0 saturated heterocycles. The van der Waals surface area contributed by atoms with Crippen molar-refractivity contribution in [1.82, 2.24) is 5.32 Å². The van der Waals surface area contributed by atoms with Gasteiger partial charge in [0.1, 0.15) is 17.7 Å². The molecule has 0 radical (unpaired) electrons. The lowest BCUT2D eigenvalue weighted by Crippen LogP contribution is -2.42. The van der Waals surface area contributed by atoms with E-state index in [4.69, 9.17) is 4.74 Å². The third kappa shape index (κ3) is 5.80. The second-order valence-electron chi connectivity index (χ2n) is 6.20. The molecule has 158 valence electrons. The number of carbonyl (C=O) groups excluding carboxylic acids is 3. The number of benzene rings is 2. The van der Waals surface area contributed by atoms with E-state index in [1.807, 2.05) is 0 Å². The fourth-order valence-electron chi connectivity index (χ4n) is 2.25. The first-order chi connectivity index (χ1) is 14.1. The Balaban J connectivity index is 1.94. The van der Waals surface area contributed by atoms with Crippen molar-refractivity contribution in [3.63, 3.8) is 0 Å². The molecule has 2 N–H and O–H groups in total. The van der Waals surface area contributed by atoms with Gasteiger partial charge in [-0.25, -0.2) is 13.6 Å². The summed E-state index contributed by atoms with van der Waals surface area (Å²) in [5.41, 5.74) is -0.631. The molecular weight excluding hydrogens is 404 g/mol. The zero-order valence-electron chi connectivity index (χ0n) is 15.8. The van der Waals surface area contributed by atoms with Gasteiger partial charge in [0, 0.05) is 23.8 Å². The molecular formula is C19H17F2N3O6. The lowest BCUT2D eigenvalue weighted by Gasteiger charge is -2.17. The fraction of sp³-hybridized carbons (Fsp3) is 0.211. The van der Waals surface area contributed by atoms with Crippen LogP contribution in [0, 0.1) is 21.7 Å². The number of esters is 1. The van der Waals surface area contributed by atoms with Gasteiger partial charge in [-0.3, -0.25) is 19.7 Å². The highest BCUT2D eigenvalue weighted by Crippen LogP contribution is 2.16. The Morgan fingerprint density at radius 2 is 1.80 bits per heavy atom. The van der Waals surface area contributed by atoms with Crippen LogP contribution in [0.1, 0.15) is 24.2 Å². The molecule has 0 fully saturated rings. The Labute approximate surface area is 169 Å². The maximum Gasteiger partial charge on any atom is 0.329 e. The van der Waals surface area contributed by atoms with Gasteiger partial charge in [-0.05, 0) is 32.0 Å². The number of nitro benzene ring substituents is 1. The maximum atomic E-state index is 13.6. The predicted octanol–water partition coefficient (Wildman–Crippen LogP) is 2.56. The molecule has 0 saturated carbocycles. The maximum absolute atomic E-state index is 13.6. The van der Waals surface area contributed by atoms with E-state index >= 15 is 0 Å². The average molecular weight is 421 g/mol. The summed E-state index contributed by atoms with van der Waals surface area (Å²) >= 11 is 0. The second kappa shape index (κ2) is 9.54. The number of nitrogens with one attached hydrogen (secondary N) is 2. The molecule has 2 rings (SSSR count). The van der Waals surface area contributed by atoms with Gasteiger partial charge < -0.3 is 15.4 Å². The van der Waals surface area contributed by atoms with Crippen LogP contribution in [0.25, 0.3) is 0 Å². The summed E-state index contributed by atoms with van der Waals surface area (Å²) in [6.07, 6.45) is -1.35. The van der Waals surface area contributed by atoms with Gasteiger partial charge in [0.2, 0.25) is 0 Å². The van der Waals surface area contributed by atoms with Crippen molar-refractivity contribution in [2.24, 2.45) is 0 Å². The Morgan fingerprint density at radius 3 is 2.43 bits per heavy atom. The van der Waals surface area contributed by atoms with E-state index in [1.54, 1.807) is 0 Å². The van der Waals surface area contributed by atoms with Crippen LogP contribution in [0.4, 0.5) is 20.2 Å². The molecule has 30 heavy (non-hydrogen) atoms. The second-order valence-corrected chi connectivity index (χ2v) is 6.20. The molecule has 0 bridgehead atoms. The molecule has 9 nitrogen and oxygen atoms in total. The molecule has 0 aromatic heterocycles. The zero-order chi connectivity index (χ0) is 22.4. The van der Waals surface area contributed by atoms with E-state index in [1.165, 1.54) is 32.0 Å². The van der Waals surface area contributed by atoms with Crippen molar-refractivity contribution in [3.05, 3.63) is 69.8 Å². The topological polar surface area (TPSA) is 128 Å². The number of hydrogen-bond donors (Lipinski definition) is 2. The summed E-state index contributed by atoms with van der Waals surface area (Å²) in [7, 11) is 0. The number of rotatable bonds is 7. The number of hydrogen-bond acceptors (Lipinski definition) is 6. The fourth-order valence-corrected chi connectivity index (χ4v) is 2.25. The van der Waals surface area contributed by atoms with Crippen LogP contribution in [0.2, 0.25) is 0 Å². The summed E-state index contributed by atoms with van der Waals surface area (Å²) in [6, 6.07) is 6.25. The van der Waals surface area contributed by atoms with Crippen LogP contribution in [0.15, 0.2) is 42.5 Å². The summed E-state index contributed by atoms with van der Waals surface area (Å²) in [6.45, 7) is 2.52. The molecule has 1 unspecified atom stereocenters. The average Bonchev–Trinajstić information content (AvgIpc) is 2.69. The molecule has 0 aliphatic rings. The number of non-ortho nitro benzene ring substituents is 1. The standard InChI is InChI=1S/C19H17F2N3O6/c1-10(22-18(26)12-4-3-5-14(8-12)24(28)29)19(27)30-11(2)17(25)23-16-7-6-13(20)9-15(16)21/h3-11H,1-2H3,(H,22,26)(H,23,25)/t10-,11?/m0/s1. The number of carbonyl (C=O) groups is 3. The molecule has 2 atom stereocenters. The van der Waals surface area contributed by atoms with Gasteiger partial charge in [-0.2, -0.15) is 0 Å². The molecule has 0 aliphatic carbocycles. The van der Waals surface area contributed by atoms with E-state index in [2.05, 4.69) is 10.6 Å². The molecule has 2 aromatic rings. The van der Waals surface area contributed by atoms with Crippen LogP contribution in [0.3, 0.4) is 0 Å². The quantitative estimate of drug-likeness (QED) is 0.402. The van der Waals surface area contributed by atoms with Crippen molar-refractivity contribution in [3.8, 4) is 0 Å². The van der Waals surface area contributed by atoms with Crippen molar-refractivity contribution >= 4 is 29.2 Å². The number of halogens is 2. The number of anilines is 1. The smallest absolute Gasteiger partial charge is 0.329 e. The molecule has 0 spiro atoms. The molecule has 2 aromatic carbocycles. The predicted molar refractivity (Wildman–Crippen MR) is 101 cm³/mol. The molecule has 2 amide bonds. The van der Waals surface area contributed by atoms with Crippen LogP contribution in [-0.4, -0.2) is 34.9 Å². The summed E-state index contributed by atoms with van der Waals surface area (Å²) < 4.78 is 31.4. The highest BCUT2D eigenvalue weighted by Gasteiger charge is 2.24. The molecule has 0 aliphatic heterocycles. The van der Waals surface area contributed by atoms with Crippen molar-refractivity contribution in [2.75, 3.05) is 5.32 Å². The van der Waals surface area contributed by atoms with Gasteiger partial charge in [0.15, 0.2) is 6.10 Å².